The van der Waals surface area contributed by atoms with Crippen LogP contribution in [0.2, 0.25) is 5.02 Å². The zero-order chi connectivity index (χ0) is 17.9. The maximum Gasteiger partial charge on any atom is 0.0835 e. The average molecular weight is 367 g/mol. The van der Waals surface area contributed by atoms with Crippen LogP contribution in [0.3, 0.4) is 0 Å². The first-order valence-corrected chi connectivity index (χ1v) is 9.39. The average Bonchev–Trinajstić information content (AvgIpc) is 3.01. The maximum atomic E-state index is 6.44. The molecule has 1 N–H and O–H groups in total. The highest BCUT2D eigenvalue weighted by Gasteiger charge is 2.25. The Hall–Kier alpha value is -2.14. The number of benzene rings is 2. The zero-order valence-corrected chi connectivity index (χ0v) is 15.7. The Morgan fingerprint density at radius 3 is 2.62 bits per heavy atom. The van der Waals surface area contributed by atoms with Crippen molar-refractivity contribution in [1.29, 1.82) is 0 Å². The lowest BCUT2D eigenvalue weighted by molar-refractivity contribution is 0.243. The molecular formula is C21H23ClN4. The first kappa shape index (κ1) is 17.3. The summed E-state index contributed by atoms with van der Waals surface area (Å²) in [5.74, 6) is 0. The van der Waals surface area contributed by atoms with Crippen LogP contribution in [0, 0.1) is 0 Å². The second-order valence-corrected chi connectivity index (χ2v) is 7.12. The number of halogens is 1. The summed E-state index contributed by atoms with van der Waals surface area (Å²) < 4.78 is 2.05. The Bertz CT molecular complexity index is 888. The van der Waals surface area contributed by atoms with Gasteiger partial charge in [0.05, 0.1) is 22.1 Å². The number of nitrogens with zero attached hydrogens (tertiary/aromatic N) is 3. The van der Waals surface area contributed by atoms with Crippen LogP contribution in [0.5, 0.6) is 0 Å². The van der Waals surface area contributed by atoms with Crippen molar-refractivity contribution in [2.45, 2.75) is 26.1 Å². The molecule has 1 aliphatic heterocycles. The van der Waals surface area contributed by atoms with E-state index in [9.17, 15) is 0 Å². The van der Waals surface area contributed by atoms with Crippen LogP contribution in [0.15, 0.2) is 54.6 Å². The Balaban J connectivity index is 1.66. The molecule has 2 heterocycles. The van der Waals surface area contributed by atoms with Gasteiger partial charge in [0, 0.05) is 38.2 Å². The van der Waals surface area contributed by atoms with Gasteiger partial charge in [-0.25, -0.2) is 4.68 Å². The van der Waals surface area contributed by atoms with Crippen molar-refractivity contribution >= 4 is 11.6 Å². The van der Waals surface area contributed by atoms with E-state index in [1.807, 2.05) is 36.0 Å². The third kappa shape index (κ3) is 3.40. The Kier molecular flexibility index (Phi) is 5.07. The van der Waals surface area contributed by atoms with Crippen molar-refractivity contribution in [2.24, 2.45) is 0 Å². The van der Waals surface area contributed by atoms with E-state index in [-0.39, 0.29) is 0 Å². The van der Waals surface area contributed by atoms with Gasteiger partial charge >= 0.3 is 0 Å². The maximum absolute atomic E-state index is 6.44. The van der Waals surface area contributed by atoms with Gasteiger partial charge in [0.2, 0.25) is 0 Å². The molecule has 0 unspecified atom stereocenters. The summed E-state index contributed by atoms with van der Waals surface area (Å²) in [7, 11) is 1.96. The molecule has 0 spiro atoms. The molecule has 0 radical (unpaired) electrons. The van der Waals surface area contributed by atoms with Crippen molar-refractivity contribution in [3.05, 3.63) is 82.1 Å². The molecule has 2 aromatic carbocycles. The van der Waals surface area contributed by atoms with E-state index in [1.165, 1.54) is 16.8 Å². The molecule has 134 valence electrons. The zero-order valence-electron chi connectivity index (χ0n) is 15.0. The molecule has 1 aromatic heterocycles. The molecule has 0 fully saturated rings. The van der Waals surface area contributed by atoms with Gasteiger partial charge in [-0.2, -0.15) is 5.10 Å². The number of fused-ring (bicyclic) bond motifs is 1. The van der Waals surface area contributed by atoms with E-state index >= 15 is 0 Å². The van der Waals surface area contributed by atoms with E-state index < -0.39 is 0 Å². The van der Waals surface area contributed by atoms with E-state index in [2.05, 4.69) is 40.5 Å². The number of hydrogen-bond donors (Lipinski definition) is 1. The normalized spacial score (nSPS) is 14.4. The number of para-hydroxylation sites is 1. The third-order valence-electron chi connectivity index (χ3n) is 4.89. The number of aromatic nitrogens is 2. The van der Waals surface area contributed by atoms with Crippen LogP contribution in [0.1, 0.15) is 22.5 Å². The quantitative estimate of drug-likeness (QED) is 0.745. The number of hydrogen-bond acceptors (Lipinski definition) is 3. The van der Waals surface area contributed by atoms with Crippen LogP contribution in [0.25, 0.3) is 5.69 Å². The van der Waals surface area contributed by atoms with E-state index in [4.69, 9.17) is 16.7 Å². The number of rotatable bonds is 5. The van der Waals surface area contributed by atoms with E-state index in [0.29, 0.717) is 0 Å². The minimum absolute atomic E-state index is 0.737. The second kappa shape index (κ2) is 7.62. The third-order valence-corrected chi connectivity index (χ3v) is 5.21. The fourth-order valence-electron chi connectivity index (χ4n) is 3.65. The molecule has 0 saturated carbocycles. The van der Waals surface area contributed by atoms with Crippen LogP contribution in [0.4, 0.5) is 0 Å². The van der Waals surface area contributed by atoms with Gasteiger partial charge in [-0.15, -0.1) is 0 Å². The molecule has 0 aliphatic carbocycles. The van der Waals surface area contributed by atoms with Crippen molar-refractivity contribution in [3.8, 4) is 5.69 Å². The molecule has 26 heavy (non-hydrogen) atoms. The highest BCUT2D eigenvalue weighted by molar-refractivity contribution is 6.32. The lowest BCUT2D eigenvalue weighted by Gasteiger charge is -2.28. The van der Waals surface area contributed by atoms with Gasteiger partial charge in [0.1, 0.15) is 0 Å². The standard InChI is InChI=1S/C21H23ClN4/c1-23-13-19-17-15-25(14-16-7-3-2-4-8-16)12-11-20(17)26(24-19)21-10-6-5-9-18(21)22/h2-10,23H,11-15H2,1H3. The van der Waals surface area contributed by atoms with Gasteiger partial charge in [-0.05, 0) is 24.7 Å². The molecular weight excluding hydrogens is 344 g/mol. The smallest absolute Gasteiger partial charge is 0.0835 e. The highest BCUT2D eigenvalue weighted by atomic mass is 35.5. The van der Waals surface area contributed by atoms with E-state index in [0.717, 1.165) is 49.0 Å². The van der Waals surface area contributed by atoms with Crippen molar-refractivity contribution in [2.75, 3.05) is 13.6 Å². The molecule has 0 amide bonds. The summed E-state index contributed by atoms with van der Waals surface area (Å²) in [5.41, 5.74) is 6.04. The minimum Gasteiger partial charge on any atom is -0.314 e. The second-order valence-electron chi connectivity index (χ2n) is 6.71. The first-order chi connectivity index (χ1) is 12.8. The van der Waals surface area contributed by atoms with Crippen LogP contribution in [-0.2, 0) is 26.1 Å². The van der Waals surface area contributed by atoms with Crippen LogP contribution in [-0.4, -0.2) is 28.3 Å². The molecule has 0 atom stereocenters. The molecule has 1 aliphatic rings. The minimum atomic E-state index is 0.737. The summed E-state index contributed by atoms with van der Waals surface area (Å²) in [6.45, 7) is 3.68. The first-order valence-electron chi connectivity index (χ1n) is 9.01. The fourth-order valence-corrected chi connectivity index (χ4v) is 3.87. The topological polar surface area (TPSA) is 33.1 Å². The Labute approximate surface area is 159 Å². The van der Waals surface area contributed by atoms with Gasteiger partial charge in [-0.1, -0.05) is 54.1 Å². The molecule has 4 rings (SSSR count). The number of nitrogens with one attached hydrogen (secondary N) is 1. The summed E-state index contributed by atoms with van der Waals surface area (Å²) in [4.78, 5) is 2.50. The molecule has 0 saturated heterocycles. The van der Waals surface area contributed by atoms with Crippen LogP contribution >= 0.6 is 11.6 Å². The lowest BCUT2D eigenvalue weighted by atomic mass is 10.0. The van der Waals surface area contributed by atoms with Gasteiger partial charge < -0.3 is 5.32 Å². The lowest BCUT2D eigenvalue weighted by Crippen LogP contribution is -2.31. The van der Waals surface area contributed by atoms with Crippen molar-refractivity contribution < 1.29 is 0 Å². The summed E-state index contributed by atoms with van der Waals surface area (Å²) in [6.07, 6.45) is 0.976. The molecule has 3 aromatic rings. The summed E-state index contributed by atoms with van der Waals surface area (Å²) in [6, 6.07) is 18.6. The molecule has 4 nitrogen and oxygen atoms in total. The van der Waals surface area contributed by atoms with E-state index in [1.54, 1.807) is 0 Å². The molecule has 5 heteroatoms. The van der Waals surface area contributed by atoms with Gasteiger partial charge in [0.25, 0.3) is 0 Å². The summed E-state index contributed by atoms with van der Waals surface area (Å²) >= 11 is 6.44. The monoisotopic (exact) mass is 366 g/mol. The van der Waals surface area contributed by atoms with Crippen LogP contribution < -0.4 is 5.32 Å². The molecule has 0 bridgehead atoms. The van der Waals surface area contributed by atoms with Gasteiger partial charge in [-0.3, -0.25) is 4.90 Å². The van der Waals surface area contributed by atoms with Gasteiger partial charge in [0.15, 0.2) is 0 Å². The van der Waals surface area contributed by atoms with Crippen molar-refractivity contribution in [1.82, 2.24) is 20.0 Å². The summed E-state index contributed by atoms with van der Waals surface area (Å²) in [5, 5.41) is 8.88. The largest absolute Gasteiger partial charge is 0.314 e. The Morgan fingerprint density at radius 1 is 1.08 bits per heavy atom. The Morgan fingerprint density at radius 2 is 1.85 bits per heavy atom. The highest BCUT2D eigenvalue weighted by Crippen LogP contribution is 2.29. The fraction of sp³-hybridized carbons (Fsp3) is 0.286. The SMILES string of the molecule is CNCc1nn(-c2ccccc2Cl)c2c1CN(Cc1ccccc1)CC2. The van der Waals surface area contributed by atoms with Crippen molar-refractivity contribution in [3.63, 3.8) is 0 Å². The predicted octanol–water partition coefficient (Wildman–Crippen LogP) is 3.80. The predicted molar refractivity (Wildman–Crippen MR) is 106 cm³/mol.